The van der Waals surface area contributed by atoms with E-state index in [1.165, 1.54) is 11.8 Å². The standard InChI is InChI=1S/C11H13N3/c1-2-4-11-9(3-1)8-14(13-11)10-5-6-12-7-10/h1-4,8,10,12H,5-7H2/t10-/m0/s1. The van der Waals surface area contributed by atoms with Crippen LogP contribution in [0, 0.1) is 0 Å². The van der Waals surface area contributed by atoms with Gasteiger partial charge in [0.25, 0.3) is 0 Å². The van der Waals surface area contributed by atoms with Gasteiger partial charge in [-0.05, 0) is 19.0 Å². The summed E-state index contributed by atoms with van der Waals surface area (Å²) in [7, 11) is 0. The lowest BCUT2D eigenvalue weighted by molar-refractivity contribution is 0.495. The van der Waals surface area contributed by atoms with Crippen molar-refractivity contribution in [2.75, 3.05) is 13.1 Å². The average Bonchev–Trinajstić information content (AvgIpc) is 2.86. The second kappa shape index (κ2) is 3.10. The number of benzene rings is 1. The van der Waals surface area contributed by atoms with Gasteiger partial charge in [-0.3, -0.25) is 4.68 Å². The lowest BCUT2D eigenvalue weighted by Gasteiger charge is -2.07. The average molecular weight is 187 g/mol. The third kappa shape index (κ3) is 1.21. The zero-order valence-corrected chi connectivity index (χ0v) is 7.98. The number of hydrogen-bond donors (Lipinski definition) is 1. The molecule has 0 bridgehead atoms. The Hall–Kier alpha value is -1.35. The molecule has 1 saturated heterocycles. The Morgan fingerprint density at radius 3 is 3.07 bits per heavy atom. The third-order valence-corrected chi connectivity index (χ3v) is 2.84. The fraction of sp³-hybridized carbons (Fsp3) is 0.364. The Kier molecular flexibility index (Phi) is 1.77. The van der Waals surface area contributed by atoms with Crippen LogP contribution in [0.25, 0.3) is 10.9 Å². The minimum Gasteiger partial charge on any atom is -0.315 e. The highest BCUT2D eigenvalue weighted by molar-refractivity contribution is 5.77. The molecule has 1 N–H and O–H groups in total. The molecule has 2 heterocycles. The van der Waals surface area contributed by atoms with Crippen molar-refractivity contribution in [1.82, 2.24) is 15.1 Å². The first-order chi connectivity index (χ1) is 6.93. The first kappa shape index (κ1) is 8.00. The molecule has 0 unspecified atom stereocenters. The van der Waals surface area contributed by atoms with Gasteiger partial charge in [-0.15, -0.1) is 0 Å². The summed E-state index contributed by atoms with van der Waals surface area (Å²) in [6, 6.07) is 8.81. The van der Waals surface area contributed by atoms with Crippen LogP contribution in [0.3, 0.4) is 0 Å². The van der Waals surface area contributed by atoms with Gasteiger partial charge in [-0.2, -0.15) is 5.10 Å². The Morgan fingerprint density at radius 2 is 2.29 bits per heavy atom. The van der Waals surface area contributed by atoms with Gasteiger partial charge in [0.15, 0.2) is 0 Å². The number of nitrogens with zero attached hydrogens (tertiary/aromatic N) is 2. The molecule has 0 spiro atoms. The maximum atomic E-state index is 4.57. The van der Waals surface area contributed by atoms with E-state index in [0.717, 1.165) is 18.6 Å². The topological polar surface area (TPSA) is 29.9 Å². The molecule has 0 aliphatic carbocycles. The number of rotatable bonds is 1. The second-order valence-corrected chi connectivity index (χ2v) is 3.81. The van der Waals surface area contributed by atoms with Gasteiger partial charge < -0.3 is 5.32 Å². The van der Waals surface area contributed by atoms with Gasteiger partial charge in [-0.1, -0.05) is 18.2 Å². The van der Waals surface area contributed by atoms with Gasteiger partial charge in [0.2, 0.25) is 0 Å². The predicted octanol–water partition coefficient (Wildman–Crippen LogP) is 1.57. The van der Waals surface area contributed by atoms with Crippen LogP contribution < -0.4 is 5.32 Å². The Balaban J connectivity index is 2.05. The molecule has 3 heteroatoms. The zero-order chi connectivity index (χ0) is 9.38. The number of fused-ring (bicyclic) bond motifs is 1. The number of aromatic nitrogens is 2. The monoisotopic (exact) mass is 187 g/mol. The van der Waals surface area contributed by atoms with Crippen LogP contribution in [0.5, 0.6) is 0 Å². The van der Waals surface area contributed by atoms with Crippen LogP contribution >= 0.6 is 0 Å². The molecule has 14 heavy (non-hydrogen) atoms. The number of nitrogens with one attached hydrogen (secondary N) is 1. The highest BCUT2D eigenvalue weighted by atomic mass is 15.3. The van der Waals surface area contributed by atoms with Crippen molar-refractivity contribution >= 4 is 10.9 Å². The molecule has 3 rings (SSSR count). The summed E-state index contributed by atoms with van der Waals surface area (Å²) in [4.78, 5) is 0. The first-order valence-corrected chi connectivity index (χ1v) is 5.08. The van der Waals surface area contributed by atoms with Crippen LogP contribution in [0.4, 0.5) is 0 Å². The van der Waals surface area contributed by atoms with Gasteiger partial charge >= 0.3 is 0 Å². The molecule has 1 aliphatic rings. The molecule has 2 aromatic rings. The molecule has 1 fully saturated rings. The van der Waals surface area contributed by atoms with E-state index < -0.39 is 0 Å². The molecule has 1 aromatic carbocycles. The van der Waals surface area contributed by atoms with E-state index in [9.17, 15) is 0 Å². The van der Waals surface area contributed by atoms with E-state index in [-0.39, 0.29) is 0 Å². The quantitative estimate of drug-likeness (QED) is 0.734. The Bertz CT molecular complexity index is 407. The van der Waals surface area contributed by atoms with Crippen molar-refractivity contribution in [1.29, 1.82) is 0 Å². The van der Waals surface area contributed by atoms with E-state index in [1.807, 2.05) is 6.07 Å². The van der Waals surface area contributed by atoms with Crippen LogP contribution in [-0.4, -0.2) is 22.9 Å². The van der Waals surface area contributed by atoms with E-state index >= 15 is 0 Å². The molecule has 0 amide bonds. The summed E-state index contributed by atoms with van der Waals surface area (Å²) in [6.45, 7) is 2.16. The summed E-state index contributed by atoms with van der Waals surface area (Å²) in [5, 5.41) is 9.16. The van der Waals surface area contributed by atoms with Crippen LogP contribution in [0.2, 0.25) is 0 Å². The fourth-order valence-electron chi connectivity index (χ4n) is 2.04. The minimum atomic E-state index is 0.544. The lowest BCUT2D eigenvalue weighted by atomic mass is 10.2. The van der Waals surface area contributed by atoms with Crippen molar-refractivity contribution in [3.05, 3.63) is 30.5 Å². The third-order valence-electron chi connectivity index (χ3n) is 2.84. The van der Waals surface area contributed by atoms with E-state index in [0.29, 0.717) is 6.04 Å². The summed E-state index contributed by atoms with van der Waals surface area (Å²) >= 11 is 0. The summed E-state index contributed by atoms with van der Waals surface area (Å²) in [6.07, 6.45) is 3.33. The molecule has 3 nitrogen and oxygen atoms in total. The highest BCUT2D eigenvalue weighted by Crippen LogP contribution is 2.18. The van der Waals surface area contributed by atoms with Crippen molar-refractivity contribution < 1.29 is 0 Å². The van der Waals surface area contributed by atoms with Crippen molar-refractivity contribution in [2.24, 2.45) is 0 Å². The maximum absolute atomic E-state index is 4.57. The fourth-order valence-corrected chi connectivity index (χ4v) is 2.04. The zero-order valence-electron chi connectivity index (χ0n) is 7.98. The minimum absolute atomic E-state index is 0.544. The molecular formula is C11H13N3. The number of hydrogen-bond acceptors (Lipinski definition) is 2. The SMILES string of the molecule is c1ccc2nn([C@H]3CCNC3)cc2c1. The van der Waals surface area contributed by atoms with Gasteiger partial charge in [-0.25, -0.2) is 0 Å². The van der Waals surface area contributed by atoms with Gasteiger partial charge in [0, 0.05) is 18.1 Å². The lowest BCUT2D eigenvalue weighted by Crippen LogP contribution is -2.13. The second-order valence-electron chi connectivity index (χ2n) is 3.81. The molecule has 0 saturated carbocycles. The molecule has 1 aromatic heterocycles. The molecule has 72 valence electrons. The van der Waals surface area contributed by atoms with Crippen molar-refractivity contribution in [2.45, 2.75) is 12.5 Å². The van der Waals surface area contributed by atoms with Gasteiger partial charge in [0.05, 0.1) is 11.6 Å². The van der Waals surface area contributed by atoms with Crippen molar-refractivity contribution in [3.8, 4) is 0 Å². The van der Waals surface area contributed by atoms with Crippen LogP contribution in [0.15, 0.2) is 30.5 Å². The Labute approximate surface area is 82.7 Å². The summed E-state index contributed by atoms with van der Waals surface area (Å²) in [5.74, 6) is 0. The van der Waals surface area contributed by atoms with E-state index in [2.05, 4.69) is 39.5 Å². The largest absolute Gasteiger partial charge is 0.315 e. The molecule has 0 radical (unpaired) electrons. The van der Waals surface area contributed by atoms with Crippen LogP contribution in [-0.2, 0) is 0 Å². The normalized spacial score (nSPS) is 21.9. The molecular weight excluding hydrogens is 174 g/mol. The summed E-state index contributed by atoms with van der Waals surface area (Å²) in [5.41, 5.74) is 1.10. The highest BCUT2D eigenvalue weighted by Gasteiger charge is 2.16. The smallest absolute Gasteiger partial charge is 0.0923 e. The predicted molar refractivity (Wildman–Crippen MR) is 56.3 cm³/mol. The molecule has 1 aliphatic heterocycles. The molecule has 1 atom stereocenters. The van der Waals surface area contributed by atoms with Gasteiger partial charge in [0.1, 0.15) is 0 Å². The van der Waals surface area contributed by atoms with Crippen LogP contribution in [0.1, 0.15) is 12.5 Å². The maximum Gasteiger partial charge on any atom is 0.0923 e. The van der Waals surface area contributed by atoms with E-state index in [4.69, 9.17) is 0 Å². The van der Waals surface area contributed by atoms with E-state index in [1.54, 1.807) is 0 Å². The Morgan fingerprint density at radius 1 is 1.36 bits per heavy atom. The van der Waals surface area contributed by atoms with Crippen molar-refractivity contribution in [3.63, 3.8) is 0 Å². The summed E-state index contributed by atoms with van der Waals surface area (Å²) < 4.78 is 2.10. The first-order valence-electron chi connectivity index (χ1n) is 5.08.